The standard InChI is InChI=1S/C48H78N16O20/c1-21(2)37(52)45(81)63-29(20-36(72)73)43(79)56-22(3)38(74)61-27(10-15-33(51)67)46(82)64-19-5-7-30(64)44(80)60-26(12-17-35(70)71)41(77)59-25(11-16-34(68)69)40(76)57-23(8-13-31(49)65)39(75)58-24(9-14-32(50)66)42(78)62-28(47(83)84)6-4-18-55-48(53)54/h21-30,37H,4-20,52H2,1-3H3,(H2,49,65)(H2,50,66)(H2,51,67)(H,56,79)(H,57,76)(H,58,75)(H,59,77)(H,60,80)(H,61,74)(H,62,78)(H,63,81)(H,68,69)(H,70,71)(H,72,73)(H,83,84)(H4,53,54,55)/t22-,23-,24-,25-,26-,27-,28-,29-,30-,37-/m0/s1. The number of guanidine groups is 1. The van der Waals surface area contributed by atoms with Crippen LogP contribution in [0.2, 0.25) is 0 Å². The van der Waals surface area contributed by atoms with Gasteiger partial charge in [-0.05, 0) is 70.6 Å². The second kappa shape index (κ2) is 36.3. The van der Waals surface area contributed by atoms with Gasteiger partial charge in [0.25, 0.3) is 0 Å². The van der Waals surface area contributed by atoms with E-state index in [1.165, 1.54) is 0 Å². The molecule has 36 heteroatoms. The van der Waals surface area contributed by atoms with E-state index in [0.29, 0.717) is 0 Å². The zero-order valence-electron chi connectivity index (χ0n) is 46.5. The maximum absolute atomic E-state index is 14.2. The van der Waals surface area contributed by atoms with Gasteiger partial charge in [-0.15, -0.1) is 0 Å². The molecule has 1 aliphatic heterocycles. The van der Waals surface area contributed by atoms with Crippen LogP contribution in [0.25, 0.3) is 0 Å². The summed E-state index contributed by atoms with van der Waals surface area (Å²) in [6.45, 7) is 4.20. The van der Waals surface area contributed by atoms with Gasteiger partial charge in [-0.3, -0.25) is 77.3 Å². The Balaban J connectivity index is 3.52. The molecular weight excluding hydrogens is 1120 g/mol. The molecule has 0 aliphatic carbocycles. The van der Waals surface area contributed by atoms with Crippen LogP contribution in [0, 0.1) is 11.3 Å². The molecule has 470 valence electrons. The third kappa shape index (κ3) is 27.5. The van der Waals surface area contributed by atoms with Crippen molar-refractivity contribution in [3.8, 4) is 0 Å². The van der Waals surface area contributed by atoms with Crippen molar-refractivity contribution in [1.82, 2.24) is 52.8 Å². The number of carbonyl (C=O) groups is 16. The highest BCUT2D eigenvalue weighted by molar-refractivity contribution is 5.99. The quantitative estimate of drug-likeness (QED) is 0.0154. The molecule has 1 fully saturated rings. The number of nitrogens with two attached hydrogens (primary N) is 5. The fourth-order valence-electron chi connectivity index (χ4n) is 8.01. The summed E-state index contributed by atoms with van der Waals surface area (Å²) < 4.78 is 0. The van der Waals surface area contributed by atoms with Gasteiger partial charge in [0.1, 0.15) is 54.4 Å². The lowest BCUT2D eigenvalue weighted by Gasteiger charge is -2.31. The number of rotatable bonds is 40. The van der Waals surface area contributed by atoms with Crippen LogP contribution >= 0.6 is 0 Å². The molecule has 0 bridgehead atoms. The fourth-order valence-corrected chi connectivity index (χ4v) is 8.01. The van der Waals surface area contributed by atoms with Crippen molar-refractivity contribution >= 4 is 101 Å². The SMILES string of the molecule is CC(C)[C@H](N)C(=O)N[C@@H](CC(=O)O)C(=O)N[C@@H](C)C(=O)N[C@@H](CCC(N)=O)C(=O)N1CCC[C@H]1C(=O)N[C@@H](CCC(=O)O)C(=O)N[C@@H](CCC(=O)O)C(=O)N[C@@H](CCC(N)=O)C(=O)N[C@@H](CCC(N)=O)C(=O)N[C@@H](CCCNC(=N)N)C(=O)O. The predicted octanol–water partition coefficient (Wildman–Crippen LogP) is -7.79. The maximum Gasteiger partial charge on any atom is 0.326 e. The van der Waals surface area contributed by atoms with Gasteiger partial charge >= 0.3 is 23.9 Å². The van der Waals surface area contributed by atoms with Gasteiger partial charge in [0.05, 0.1) is 12.5 Å². The van der Waals surface area contributed by atoms with Crippen LogP contribution in [-0.2, 0) is 76.7 Å². The van der Waals surface area contributed by atoms with E-state index in [0.717, 1.165) is 11.8 Å². The minimum Gasteiger partial charge on any atom is -0.481 e. The van der Waals surface area contributed by atoms with Gasteiger partial charge in [0.15, 0.2) is 5.96 Å². The van der Waals surface area contributed by atoms with Crippen LogP contribution in [0.5, 0.6) is 0 Å². The highest BCUT2D eigenvalue weighted by Gasteiger charge is 2.41. The zero-order valence-corrected chi connectivity index (χ0v) is 46.5. The van der Waals surface area contributed by atoms with Gasteiger partial charge in [-0.2, -0.15) is 0 Å². The second-order valence-electron chi connectivity index (χ2n) is 19.9. The Morgan fingerprint density at radius 3 is 1.29 bits per heavy atom. The molecule has 36 nitrogen and oxygen atoms in total. The van der Waals surface area contributed by atoms with Crippen molar-refractivity contribution in [3.05, 3.63) is 0 Å². The number of primary amides is 3. The van der Waals surface area contributed by atoms with Crippen LogP contribution in [0.4, 0.5) is 0 Å². The summed E-state index contributed by atoms with van der Waals surface area (Å²) in [5, 5.41) is 66.0. The third-order valence-electron chi connectivity index (χ3n) is 12.7. The molecule has 0 unspecified atom stereocenters. The Hall–Kier alpha value is -9.25. The molecule has 0 saturated carbocycles. The molecule has 10 atom stereocenters. The maximum atomic E-state index is 14.2. The first kappa shape index (κ1) is 72.8. The van der Waals surface area contributed by atoms with E-state index in [1.807, 2.05) is 0 Å². The number of carboxylic acids is 4. The summed E-state index contributed by atoms with van der Waals surface area (Å²) in [6, 6.07) is -16.4. The molecule has 1 rings (SSSR count). The van der Waals surface area contributed by atoms with Gasteiger partial charge in [-0.25, -0.2) is 4.79 Å². The van der Waals surface area contributed by atoms with Crippen molar-refractivity contribution in [3.63, 3.8) is 0 Å². The van der Waals surface area contributed by atoms with Crippen molar-refractivity contribution in [2.45, 2.75) is 178 Å². The van der Waals surface area contributed by atoms with Crippen molar-refractivity contribution in [1.29, 1.82) is 5.41 Å². The van der Waals surface area contributed by atoms with Gasteiger partial charge in [0, 0.05) is 45.2 Å². The molecule has 12 amide bonds. The smallest absolute Gasteiger partial charge is 0.326 e. The van der Waals surface area contributed by atoms with Crippen LogP contribution in [0.3, 0.4) is 0 Å². The van der Waals surface area contributed by atoms with Gasteiger partial charge < -0.3 is 102 Å². The van der Waals surface area contributed by atoms with E-state index >= 15 is 0 Å². The summed E-state index contributed by atoms with van der Waals surface area (Å²) in [5.74, 6) is -19.8. The number of nitrogens with one attached hydrogen (secondary N) is 10. The number of amides is 12. The van der Waals surface area contributed by atoms with Crippen molar-refractivity contribution in [2.75, 3.05) is 13.1 Å². The molecule has 0 radical (unpaired) electrons. The fraction of sp³-hybridized carbons (Fsp3) is 0.646. The van der Waals surface area contributed by atoms with Crippen molar-refractivity contribution in [2.24, 2.45) is 34.6 Å². The van der Waals surface area contributed by atoms with E-state index in [9.17, 15) is 97.1 Å². The van der Waals surface area contributed by atoms with E-state index in [2.05, 4.69) is 47.9 Å². The lowest BCUT2D eigenvalue weighted by molar-refractivity contribution is -0.143. The molecule has 1 saturated heterocycles. The Bertz CT molecular complexity index is 2460. The monoisotopic (exact) mass is 1200 g/mol. The molecule has 84 heavy (non-hydrogen) atoms. The molecule has 1 aliphatic rings. The lowest BCUT2D eigenvalue weighted by Crippen LogP contribution is -2.60. The summed E-state index contributed by atoms with van der Waals surface area (Å²) in [4.78, 5) is 207. The number of aliphatic carboxylic acids is 4. The molecule has 1 heterocycles. The van der Waals surface area contributed by atoms with E-state index < -0.39 is 238 Å². The average Bonchev–Trinajstić information content (AvgIpc) is 4.13. The third-order valence-corrected chi connectivity index (χ3v) is 12.7. The van der Waals surface area contributed by atoms with E-state index in [-0.39, 0.29) is 38.8 Å². The first-order valence-electron chi connectivity index (χ1n) is 26.4. The number of carboxylic acid groups (broad SMARTS) is 4. The first-order chi connectivity index (χ1) is 39.1. The summed E-state index contributed by atoms with van der Waals surface area (Å²) in [7, 11) is 0. The van der Waals surface area contributed by atoms with E-state index in [1.54, 1.807) is 13.8 Å². The summed E-state index contributed by atoms with van der Waals surface area (Å²) in [6.07, 6.45) is -7.42. The van der Waals surface area contributed by atoms with Crippen LogP contribution < -0.4 is 76.5 Å². The van der Waals surface area contributed by atoms with Crippen LogP contribution in [-0.4, -0.2) is 200 Å². The Labute approximate surface area is 480 Å². The highest BCUT2D eigenvalue weighted by atomic mass is 16.4. The van der Waals surface area contributed by atoms with Crippen LogP contribution in [0.1, 0.15) is 117 Å². The van der Waals surface area contributed by atoms with Gasteiger partial charge in [0.2, 0.25) is 70.9 Å². The number of likely N-dealkylation sites (tertiary alicyclic amines) is 1. The Kier molecular flexibility index (Phi) is 31.4. The zero-order chi connectivity index (χ0) is 64.1. The van der Waals surface area contributed by atoms with Crippen molar-refractivity contribution < 1.29 is 97.1 Å². The summed E-state index contributed by atoms with van der Waals surface area (Å²) in [5.41, 5.74) is 27.0. The largest absolute Gasteiger partial charge is 0.481 e. The Morgan fingerprint density at radius 2 is 0.881 bits per heavy atom. The predicted molar refractivity (Wildman–Crippen MR) is 287 cm³/mol. The number of hydrogen-bond acceptors (Lipinski definition) is 18. The lowest BCUT2D eigenvalue weighted by atomic mass is 10.0. The topological polar surface area (TPSA) is 619 Å². The summed E-state index contributed by atoms with van der Waals surface area (Å²) >= 11 is 0. The number of hydrogen-bond donors (Lipinski definition) is 19. The number of nitrogens with zero attached hydrogens (tertiary/aromatic N) is 1. The van der Waals surface area contributed by atoms with Gasteiger partial charge in [-0.1, -0.05) is 13.8 Å². The second-order valence-corrected chi connectivity index (χ2v) is 19.9. The molecular formula is C48H78N16O20. The van der Waals surface area contributed by atoms with E-state index in [4.69, 9.17) is 34.1 Å². The molecule has 0 aromatic carbocycles. The highest BCUT2D eigenvalue weighted by Crippen LogP contribution is 2.21. The average molecular weight is 1200 g/mol. The van der Waals surface area contributed by atoms with Crippen LogP contribution in [0.15, 0.2) is 0 Å². The molecule has 24 N–H and O–H groups in total. The minimum atomic E-state index is -1.93. The normalized spacial score (nSPS) is 15.9. The Morgan fingerprint density at radius 1 is 0.488 bits per heavy atom. The molecule has 0 aromatic rings. The number of carbonyl (C=O) groups excluding carboxylic acids is 12. The minimum absolute atomic E-state index is 0.0358. The molecule has 0 spiro atoms. The first-order valence-corrected chi connectivity index (χ1v) is 26.4. The molecule has 0 aromatic heterocycles.